The molecule has 3 aliphatic rings. The van der Waals surface area contributed by atoms with E-state index in [9.17, 15) is 0 Å². The molecule has 0 heteroatoms. The largest absolute Gasteiger partial charge is 0.0625 e. The summed E-state index contributed by atoms with van der Waals surface area (Å²) in [6, 6.07) is 0. The van der Waals surface area contributed by atoms with E-state index in [-0.39, 0.29) is 0 Å². The molecule has 0 heterocycles. The maximum Gasteiger partial charge on any atom is -0.0357 e. The van der Waals surface area contributed by atoms with E-state index in [0.717, 1.165) is 35.5 Å². The van der Waals surface area contributed by atoms with Gasteiger partial charge in [0, 0.05) is 0 Å². The molecular weight excluding hydrogens is 192 g/mol. The molecule has 0 nitrogen and oxygen atoms in total. The molecule has 0 aliphatic heterocycles. The van der Waals surface area contributed by atoms with E-state index in [0.29, 0.717) is 0 Å². The second-order valence-corrected chi connectivity index (χ2v) is 7.15. The smallest absolute Gasteiger partial charge is 0.0357 e. The van der Waals surface area contributed by atoms with Crippen LogP contribution in [0.5, 0.6) is 0 Å². The van der Waals surface area contributed by atoms with Gasteiger partial charge in [0.1, 0.15) is 0 Å². The molecule has 0 radical (unpaired) electrons. The van der Waals surface area contributed by atoms with E-state index in [1.54, 1.807) is 32.1 Å². The zero-order valence-corrected chi connectivity index (χ0v) is 11.1. The fourth-order valence-corrected chi connectivity index (χ4v) is 5.41. The van der Waals surface area contributed by atoms with Crippen LogP contribution in [-0.4, -0.2) is 0 Å². The van der Waals surface area contributed by atoms with Gasteiger partial charge in [-0.3, -0.25) is 0 Å². The lowest BCUT2D eigenvalue weighted by Crippen LogP contribution is -2.42. The molecule has 0 N–H and O–H groups in total. The third kappa shape index (κ3) is 1.83. The highest BCUT2D eigenvalue weighted by molar-refractivity contribution is 4.94. The predicted molar refractivity (Wildman–Crippen MR) is 69.2 cm³/mol. The summed E-state index contributed by atoms with van der Waals surface area (Å²) in [7, 11) is 0. The molecule has 3 fully saturated rings. The molecule has 6 atom stereocenters. The first-order chi connectivity index (χ1) is 7.75. The Labute approximate surface area is 101 Å². The lowest BCUT2D eigenvalue weighted by molar-refractivity contribution is -0.0129. The molecule has 16 heavy (non-hydrogen) atoms. The number of hydrogen-bond acceptors (Lipinski definition) is 0. The van der Waals surface area contributed by atoms with Gasteiger partial charge in [-0.15, -0.1) is 0 Å². The predicted octanol–water partition coefficient (Wildman–Crippen LogP) is 4.89. The standard InChI is InChI=1S/C16H28/c1-11-7-8-16-12(2)15-6-4-3-5-13(15)10-14(16)9-11/h11-16H,3-10H2,1-2H3. The van der Waals surface area contributed by atoms with Gasteiger partial charge in [-0.1, -0.05) is 39.5 Å². The van der Waals surface area contributed by atoms with Crippen LogP contribution in [0.1, 0.15) is 65.2 Å². The first-order valence-corrected chi connectivity index (χ1v) is 7.75. The summed E-state index contributed by atoms with van der Waals surface area (Å²) >= 11 is 0. The normalized spacial score (nSPS) is 52.9. The van der Waals surface area contributed by atoms with Gasteiger partial charge >= 0.3 is 0 Å². The van der Waals surface area contributed by atoms with Gasteiger partial charge in [-0.05, 0) is 61.2 Å². The molecule has 3 aliphatic carbocycles. The van der Waals surface area contributed by atoms with E-state index in [1.807, 2.05) is 0 Å². The molecule has 0 aromatic carbocycles. The van der Waals surface area contributed by atoms with Gasteiger partial charge < -0.3 is 0 Å². The quantitative estimate of drug-likeness (QED) is 0.545. The summed E-state index contributed by atoms with van der Waals surface area (Å²) in [6.45, 7) is 5.07. The van der Waals surface area contributed by atoms with Gasteiger partial charge in [-0.25, -0.2) is 0 Å². The molecule has 0 saturated heterocycles. The van der Waals surface area contributed by atoms with Gasteiger partial charge in [0.2, 0.25) is 0 Å². The van der Waals surface area contributed by atoms with Gasteiger partial charge in [0.15, 0.2) is 0 Å². The first kappa shape index (κ1) is 11.1. The van der Waals surface area contributed by atoms with Gasteiger partial charge in [0.25, 0.3) is 0 Å². The summed E-state index contributed by atoms with van der Waals surface area (Å²) in [5, 5.41) is 0. The van der Waals surface area contributed by atoms with Crippen molar-refractivity contribution in [2.24, 2.45) is 35.5 Å². The van der Waals surface area contributed by atoms with Crippen LogP contribution >= 0.6 is 0 Å². The van der Waals surface area contributed by atoms with E-state index in [2.05, 4.69) is 13.8 Å². The van der Waals surface area contributed by atoms with E-state index < -0.39 is 0 Å². The van der Waals surface area contributed by atoms with E-state index >= 15 is 0 Å². The van der Waals surface area contributed by atoms with Crippen LogP contribution in [-0.2, 0) is 0 Å². The Bertz CT molecular complexity index is 242. The van der Waals surface area contributed by atoms with Crippen LogP contribution in [0.2, 0.25) is 0 Å². The van der Waals surface area contributed by atoms with Crippen LogP contribution in [0.3, 0.4) is 0 Å². The summed E-state index contributed by atoms with van der Waals surface area (Å²) < 4.78 is 0. The van der Waals surface area contributed by atoms with Crippen molar-refractivity contribution in [2.45, 2.75) is 65.2 Å². The third-order valence-electron chi connectivity index (χ3n) is 6.23. The Morgan fingerprint density at radius 1 is 0.688 bits per heavy atom. The van der Waals surface area contributed by atoms with Crippen LogP contribution in [0.4, 0.5) is 0 Å². The summed E-state index contributed by atoms with van der Waals surface area (Å²) in [6.07, 6.45) is 12.4. The fraction of sp³-hybridized carbons (Fsp3) is 1.00. The summed E-state index contributed by atoms with van der Waals surface area (Å²) in [5.41, 5.74) is 0. The highest BCUT2D eigenvalue weighted by Crippen LogP contribution is 2.53. The van der Waals surface area contributed by atoms with Crippen molar-refractivity contribution in [3.05, 3.63) is 0 Å². The van der Waals surface area contributed by atoms with E-state index in [1.165, 1.54) is 19.3 Å². The first-order valence-electron chi connectivity index (χ1n) is 7.75. The molecule has 92 valence electrons. The molecule has 6 unspecified atom stereocenters. The van der Waals surface area contributed by atoms with E-state index in [4.69, 9.17) is 0 Å². The Hall–Kier alpha value is 0. The van der Waals surface area contributed by atoms with Crippen molar-refractivity contribution in [1.82, 2.24) is 0 Å². The van der Waals surface area contributed by atoms with Gasteiger partial charge in [0.05, 0.1) is 0 Å². The Balaban J connectivity index is 1.75. The monoisotopic (exact) mass is 220 g/mol. The maximum atomic E-state index is 2.59. The molecule has 3 rings (SSSR count). The Morgan fingerprint density at radius 3 is 2.31 bits per heavy atom. The van der Waals surface area contributed by atoms with Crippen molar-refractivity contribution >= 4 is 0 Å². The Morgan fingerprint density at radius 2 is 1.44 bits per heavy atom. The maximum absolute atomic E-state index is 2.59. The number of rotatable bonds is 0. The number of hydrogen-bond donors (Lipinski definition) is 0. The molecule has 0 bridgehead atoms. The van der Waals surface area contributed by atoms with Crippen LogP contribution < -0.4 is 0 Å². The van der Waals surface area contributed by atoms with Gasteiger partial charge in [-0.2, -0.15) is 0 Å². The average molecular weight is 220 g/mol. The lowest BCUT2D eigenvalue weighted by atomic mass is 9.54. The van der Waals surface area contributed by atoms with Crippen molar-refractivity contribution in [3.63, 3.8) is 0 Å². The second kappa shape index (κ2) is 4.35. The Kier molecular flexibility index (Phi) is 3.02. The molecule has 0 aromatic rings. The minimum atomic E-state index is 1.02. The molecule has 0 aromatic heterocycles. The topological polar surface area (TPSA) is 0 Å². The average Bonchev–Trinajstić information content (AvgIpc) is 2.29. The van der Waals surface area contributed by atoms with Crippen molar-refractivity contribution < 1.29 is 0 Å². The van der Waals surface area contributed by atoms with Crippen molar-refractivity contribution in [1.29, 1.82) is 0 Å². The summed E-state index contributed by atoms with van der Waals surface area (Å²) in [5.74, 6) is 6.53. The molecule has 3 saturated carbocycles. The highest BCUT2D eigenvalue weighted by Gasteiger charge is 2.44. The fourth-order valence-electron chi connectivity index (χ4n) is 5.41. The highest BCUT2D eigenvalue weighted by atomic mass is 14.5. The van der Waals surface area contributed by atoms with Crippen molar-refractivity contribution in [3.8, 4) is 0 Å². The zero-order valence-electron chi connectivity index (χ0n) is 11.1. The van der Waals surface area contributed by atoms with Crippen LogP contribution in [0.15, 0.2) is 0 Å². The minimum absolute atomic E-state index is 1.02. The van der Waals surface area contributed by atoms with Crippen LogP contribution in [0, 0.1) is 35.5 Å². The zero-order chi connectivity index (χ0) is 11.1. The molecule has 0 spiro atoms. The minimum Gasteiger partial charge on any atom is -0.0625 e. The van der Waals surface area contributed by atoms with Crippen LogP contribution in [0.25, 0.3) is 0 Å². The van der Waals surface area contributed by atoms with Crippen molar-refractivity contribution in [2.75, 3.05) is 0 Å². The second-order valence-electron chi connectivity index (χ2n) is 7.15. The lowest BCUT2D eigenvalue weighted by Gasteiger charge is -2.51. The third-order valence-corrected chi connectivity index (χ3v) is 6.23. The molecule has 0 amide bonds. The summed E-state index contributed by atoms with van der Waals surface area (Å²) in [4.78, 5) is 0. The SMILES string of the molecule is CC1CCC2C(C1)CC1CCCCC1C2C. The molecular formula is C16H28. The number of fused-ring (bicyclic) bond motifs is 2.